The highest BCUT2D eigenvalue weighted by molar-refractivity contribution is 7.90. The Morgan fingerprint density at radius 2 is 1.57 bits per heavy atom. The summed E-state index contributed by atoms with van der Waals surface area (Å²) in [6, 6.07) is 4.76. The van der Waals surface area contributed by atoms with Crippen molar-refractivity contribution in [2.45, 2.75) is 30.1 Å². The number of sulfonamides is 1. The molecule has 0 amide bonds. The third-order valence-corrected chi connectivity index (χ3v) is 5.76. The monoisotopic (exact) mass is 363 g/mol. The van der Waals surface area contributed by atoms with Crippen LogP contribution in [0.5, 0.6) is 0 Å². The minimum absolute atomic E-state index is 0.0136. The molecule has 0 spiro atoms. The lowest BCUT2D eigenvalue weighted by molar-refractivity contribution is -0.142. The maximum absolute atomic E-state index is 12.2. The second kappa shape index (κ2) is 7.41. The molecule has 1 atom stereocenters. The van der Waals surface area contributed by atoms with Gasteiger partial charge in [-0.3, -0.25) is 4.79 Å². The lowest BCUT2D eigenvalue weighted by Crippen LogP contribution is -2.33. The van der Waals surface area contributed by atoms with Crippen molar-refractivity contribution in [2.75, 3.05) is 12.8 Å². The van der Waals surface area contributed by atoms with Gasteiger partial charge in [-0.25, -0.2) is 21.6 Å². The lowest BCUT2D eigenvalue weighted by atomic mass is 9.98. The molecular weight excluding hydrogens is 342 g/mol. The zero-order valence-corrected chi connectivity index (χ0v) is 14.8. The number of aliphatic carboxylic acids is 1. The molecule has 9 heteroatoms. The van der Waals surface area contributed by atoms with Gasteiger partial charge in [0, 0.05) is 12.8 Å². The summed E-state index contributed by atoms with van der Waals surface area (Å²) in [6.07, 6.45) is 1.38. The maximum atomic E-state index is 12.2. The first-order valence-corrected chi connectivity index (χ1v) is 10.3. The van der Waals surface area contributed by atoms with Gasteiger partial charge >= 0.3 is 5.97 Å². The van der Waals surface area contributed by atoms with Crippen molar-refractivity contribution >= 4 is 25.8 Å². The fraction of sp³-hybridized carbons (Fsp3) is 0.500. The Morgan fingerprint density at radius 1 is 1.09 bits per heavy atom. The molecule has 0 radical (unpaired) electrons. The molecule has 0 bridgehead atoms. The van der Waals surface area contributed by atoms with E-state index in [1.807, 2.05) is 13.8 Å². The summed E-state index contributed by atoms with van der Waals surface area (Å²) in [5.74, 6) is -1.76. The molecule has 0 aromatic heterocycles. The van der Waals surface area contributed by atoms with E-state index in [4.69, 9.17) is 5.11 Å². The fourth-order valence-corrected chi connectivity index (χ4v) is 3.71. The number of carboxylic acid groups (broad SMARTS) is 1. The predicted octanol–water partition coefficient (Wildman–Crippen LogP) is 1.12. The number of rotatable bonds is 8. The van der Waals surface area contributed by atoms with Crippen LogP contribution >= 0.6 is 0 Å². The molecule has 0 aliphatic heterocycles. The number of hydrogen-bond acceptors (Lipinski definition) is 5. The van der Waals surface area contributed by atoms with Gasteiger partial charge in [0.05, 0.1) is 15.7 Å². The number of nitrogens with one attached hydrogen (secondary N) is 1. The van der Waals surface area contributed by atoms with Crippen molar-refractivity contribution in [1.29, 1.82) is 0 Å². The molecule has 0 heterocycles. The topological polar surface area (TPSA) is 118 Å². The third-order valence-electron chi connectivity index (χ3n) is 3.19. The standard InChI is InChI=1S/C14H21NO6S2/c1-10(2)8-11(14(16)17)9-15-23(20,21)13-6-4-12(5-7-13)22(3,18)19/h4-7,10-11,15H,8-9H2,1-3H3,(H,16,17). The minimum atomic E-state index is -3.90. The van der Waals surface area contributed by atoms with Crippen molar-refractivity contribution < 1.29 is 26.7 Å². The van der Waals surface area contributed by atoms with E-state index in [2.05, 4.69) is 4.72 Å². The van der Waals surface area contributed by atoms with Crippen molar-refractivity contribution in [3.63, 3.8) is 0 Å². The van der Waals surface area contributed by atoms with Gasteiger partial charge in [0.2, 0.25) is 10.0 Å². The van der Waals surface area contributed by atoms with E-state index in [9.17, 15) is 21.6 Å². The van der Waals surface area contributed by atoms with Crippen LogP contribution in [0.2, 0.25) is 0 Å². The van der Waals surface area contributed by atoms with E-state index in [1.165, 1.54) is 24.3 Å². The summed E-state index contributed by atoms with van der Waals surface area (Å²) in [5, 5.41) is 9.11. The van der Waals surface area contributed by atoms with Crippen molar-refractivity contribution in [3.8, 4) is 0 Å². The number of benzene rings is 1. The molecule has 0 saturated carbocycles. The summed E-state index contributed by atoms with van der Waals surface area (Å²) in [6.45, 7) is 3.49. The summed E-state index contributed by atoms with van der Waals surface area (Å²) in [7, 11) is -7.30. The van der Waals surface area contributed by atoms with Crippen LogP contribution in [0.1, 0.15) is 20.3 Å². The number of carboxylic acids is 1. The Morgan fingerprint density at radius 3 is 1.96 bits per heavy atom. The van der Waals surface area contributed by atoms with Gasteiger partial charge < -0.3 is 5.11 Å². The zero-order valence-electron chi connectivity index (χ0n) is 13.2. The van der Waals surface area contributed by atoms with Gasteiger partial charge in [-0.05, 0) is 36.6 Å². The van der Waals surface area contributed by atoms with Crippen molar-refractivity contribution in [1.82, 2.24) is 4.72 Å². The SMILES string of the molecule is CC(C)CC(CNS(=O)(=O)c1ccc(S(C)(=O)=O)cc1)C(=O)O. The van der Waals surface area contributed by atoms with E-state index < -0.39 is 31.7 Å². The maximum Gasteiger partial charge on any atom is 0.307 e. The average molecular weight is 363 g/mol. The summed E-state index contributed by atoms with van der Waals surface area (Å²) >= 11 is 0. The highest BCUT2D eigenvalue weighted by Gasteiger charge is 2.23. The summed E-state index contributed by atoms with van der Waals surface area (Å²) < 4.78 is 49.3. The lowest BCUT2D eigenvalue weighted by Gasteiger charge is -2.15. The minimum Gasteiger partial charge on any atom is -0.481 e. The molecule has 1 aromatic rings. The Labute approximate surface area is 136 Å². The Kier molecular flexibility index (Phi) is 6.32. The van der Waals surface area contributed by atoms with Crippen LogP contribution in [0.3, 0.4) is 0 Å². The second-order valence-electron chi connectivity index (χ2n) is 5.76. The van der Waals surface area contributed by atoms with Crippen LogP contribution in [-0.2, 0) is 24.7 Å². The first-order valence-electron chi connectivity index (χ1n) is 6.96. The van der Waals surface area contributed by atoms with Crippen LogP contribution in [0.15, 0.2) is 34.1 Å². The Bertz CT molecular complexity index is 751. The normalized spacial score (nSPS) is 13.9. The van der Waals surface area contributed by atoms with Crippen molar-refractivity contribution in [2.24, 2.45) is 11.8 Å². The first-order chi connectivity index (χ1) is 10.4. The van der Waals surface area contributed by atoms with Gasteiger partial charge in [-0.1, -0.05) is 13.8 Å². The largest absolute Gasteiger partial charge is 0.481 e. The van der Waals surface area contributed by atoms with Crippen LogP contribution < -0.4 is 4.72 Å². The first kappa shape index (κ1) is 19.6. The van der Waals surface area contributed by atoms with Crippen LogP contribution in [0, 0.1) is 11.8 Å². The molecule has 2 N–H and O–H groups in total. The molecule has 0 aliphatic carbocycles. The molecule has 1 rings (SSSR count). The summed E-state index contributed by atoms with van der Waals surface area (Å²) in [5.41, 5.74) is 0. The smallest absolute Gasteiger partial charge is 0.307 e. The molecule has 7 nitrogen and oxygen atoms in total. The molecule has 23 heavy (non-hydrogen) atoms. The van der Waals surface area contributed by atoms with E-state index >= 15 is 0 Å². The number of carbonyl (C=O) groups is 1. The molecule has 1 unspecified atom stereocenters. The van der Waals surface area contributed by atoms with Crippen LogP contribution in [0.25, 0.3) is 0 Å². The van der Waals surface area contributed by atoms with Gasteiger partial charge in [0.25, 0.3) is 0 Å². The highest BCUT2D eigenvalue weighted by atomic mass is 32.2. The molecule has 1 aromatic carbocycles. The van der Waals surface area contributed by atoms with Crippen LogP contribution in [-0.4, -0.2) is 40.7 Å². The molecular formula is C14H21NO6S2. The third kappa shape index (κ3) is 5.92. The van der Waals surface area contributed by atoms with Gasteiger partial charge in [-0.15, -0.1) is 0 Å². The van der Waals surface area contributed by atoms with E-state index in [0.717, 1.165) is 6.26 Å². The Balaban J connectivity index is 2.89. The number of sulfone groups is 1. The molecule has 0 saturated heterocycles. The van der Waals surface area contributed by atoms with Crippen LogP contribution in [0.4, 0.5) is 0 Å². The van der Waals surface area contributed by atoms with E-state index in [1.54, 1.807) is 0 Å². The van der Waals surface area contributed by atoms with Gasteiger partial charge in [0.15, 0.2) is 9.84 Å². The fourth-order valence-electron chi connectivity index (χ4n) is 2.00. The average Bonchev–Trinajstić information content (AvgIpc) is 2.42. The van der Waals surface area contributed by atoms with Gasteiger partial charge in [0.1, 0.15) is 0 Å². The molecule has 130 valence electrons. The second-order valence-corrected chi connectivity index (χ2v) is 9.54. The highest BCUT2D eigenvalue weighted by Crippen LogP contribution is 2.16. The van der Waals surface area contributed by atoms with Crippen molar-refractivity contribution in [3.05, 3.63) is 24.3 Å². The van der Waals surface area contributed by atoms with Gasteiger partial charge in [-0.2, -0.15) is 0 Å². The quantitative estimate of drug-likeness (QED) is 0.714. The molecule has 0 aliphatic rings. The zero-order chi connectivity index (χ0) is 17.8. The van der Waals surface area contributed by atoms with E-state index in [-0.39, 0.29) is 22.3 Å². The molecule has 0 fully saturated rings. The Hall–Kier alpha value is -1.45. The number of hydrogen-bond donors (Lipinski definition) is 2. The summed E-state index contributed by atoms with van der Waals surface area (Å²) in [4.78, 5) is 11.0. The van der Waals surface area contributed by atoms with E-state index in [0.29, 0.717) is 6.42 Å². The predicted molar refractivity (Wildman–Crippen MR) is 85.3 cm³/mol.